The highest BCUT2D eigenvalue weighted by Gasteiger charge is 2.15. The minimum Gasteiger partial charge on any atom is -0.347 e. The van der Waals surface area contributed by atoms with E-state index in [1.807, 2.05) is 13.0 Å². The van der Waals surface area contributed by atoms with Crippen molar-refractivity contribution in [1.82, 2.24) is 14.7 Å². The summed E-state index contributed by atoms with van der Waals surface area (Å²) in [7, 11) is -3.57. The molecule has 0 aliphatic carbocycles. The lowest BCUT2D eigenvalue weighted by Gasteiger charge is -2.11. The number of hydrogen-bond acceptors (Lipinski definition) is 4. The van der Waals surface area contributed by atoms with Crippen molar-refractivity contribution in [3.05, 3.63) is 48.0 Å². The van der Waals surface area contributed by atoms with Crippen molar-refractivity contribution in [2.24, 2.45) is 5.73 Å². The maximum atomic E-state index is 12.2. The van der Waals surface area contributed by atoms with Crippen LogP contribution in [0.3, 0.4) is 0 Å². The number of nitrogens with zero attached hydrogens (tertiary/aromatic N) is 1. The number of rotatable bonds is 6. The number of benzene rings is 1. The summed E-state index contributed by atoms with van der Waals surface area (Å²) < 4.78 is 26.9. The second-order valence-electron chi connectivity index (χ2n) is 4.45. The third-order valence-corrected chi connectivity index (χ3v) is 4.42. The molecule has 0 fully saturated rings. The van der Waals surface area contributed by atoms with Gasteiger partial charge in [-0.25, -0.2) is 18.1 Å². The second-order valence-corrected chi connectivity index (χ2v) is 6.21. The maximum Gasteiger partial charge on any atom is 0.240 e. The number of aromatic amines is 1. The topological polar surface area (TPSA) is 101 Å². The highest BCUT2D eigenvalue weighted by Crippen LogP contribution is 2.18. The van der Waals surface area contributed by atoms with E-state index in [9.17, 15) is 8.42 Å². The van der Waals surface area contributed by atoms with Crippen molar-refractivity contribution in [1.29, 1.82) is 0 Å². The standard InChI is InChI=1S/C13H18N4O2S/c1-2-12(14)10-4-3-5-11(8-10)20(18,19)17-9-13-15-6-7-16-13/h3-8,12,17H,2,9,14H2,1H3,(H,15,16). The van der Waals surface area contributed by atoms with Crippen LogP contribution >= 0.6 is 0 Å². The molecule has 0 aliphatic rings. The van der Waals surface area contributed by atoms with Gasteiger partial charge in [0.25, 0.3) is 0 Å². The molecule has 0 radical (unpaired) electrons. The predicted molar refractivity (Wildman–Crippen MR) is 76.3 cm³/mol. The Morgan fingerprint density at radius 1 is 1.45 bits per heavy atom. The van der Waals surface area contributed by atoms with Gasteiger partial charge in [0, 0.05) is 18.4 Å². The normalized spacial score (nSPS) is 13.3. The molecule has 1 atom stereocenters. The summed E-state index contributed by atoms with van der Waals surface area (Å²) in [6, 6.07) is 6.54. The first kappa shape index (κ1) is 14.7. The van der Waals surface area contributed by atoms with Crippen LogP contribution in [0, 0.1) is 0 Å². The van der Waals surface area contributed by atoms with E-state index in [2.05, 4.69) is 14.7 Å². The molecule has 2 aromatic rings. The Morgan fingerprint density at radius 3 is 2.90 bits per heavy atom. The zero-order chi connectivity index (χ0) is 14.6. The molecule has 1 heterocycles. The SMILES string of the molecule is CCC(N)c1cccc(S(=O)(=O)NCc2ncc[nH]2)c1. The molecule has 1 aromatic carbocycles. The zero-order valence-electron chi connectivity index (χ0n) is 11.2. The molecule has 0 saturated heterocycles. The van der Waals surface area contributed by atoms with E-state index in [0.29, 0.717) is 5.82 Å². The quantitative estimate of drug-likeness (QED) is 0.747. The molecule has 20 heavy (non-hydrogen) atoms. The summed E-state index contributed by atoms with van der Waals surface area (Å²) in [6.07, 6.45) is 3.97. The van der Waals surface area contributed by atoms with Crippen molar-refractivity contribution in [3.63, 3.8) is 0 Å². The maximum absolute atomic E-state index is 12.2. The molecule has 0 amide bonds. The van der Waals surface area contributed by atoms with Crippen LogP contribution < -0.4 is 10.5 Å². The minimum atomic E-state index is -3.57. The molecule has 0 spiro atoms. The molecule has 4 N–H and O–H groups in total. The van der Waals surface area contributed by atoms with Crippen molar-refractivity contribution in [2.45, 2.75) is 30.8 Å². The summed E-state index contributed by atoms with van der Waals surface area (Å²) in [4.78, 5) is 7.02. The number of imidazole rings is 1. The molecule has 0 aliphatic heterocycles. The summed E-state index contributed by atoms with van der Waals surface area (Å²) in [5.74, 6) is 0.565. The Kier molecular flexibility index (Phi) is 4.53. The van der Waals surface area contributed by atoms with Gasteiger partial charge < -0.3 is 10.7 Å². The second kappa shape index (κ2) is 6.17. The Morgan fingerprint density at radius 2 is 2.25 bits per heavy atom. The van der Waals surface area contributed by atoms with E-state index < -0.39 is 10.0 Å². The molecule has 1 aromatic heterocycles. The Bertz CT molecular complexity index is 653. The fourth-order valence-corrected chi connectivity index (χ4v) is 2.83. The smallest absolute Gasteiger partial charge is 0.240 e. The zero-order valence-corrected chi connectivity index (χ0v) is 12.0. The van der Waals surface area contributed by atoms with Gasteiger partial charge in [-0.05, 0) is 24.1 Å². The first-order chi connectivity index (χ1) is 9.53. The predicted octanol–water partition coefficient (Wildman–Crippen LogP) is 1.30. The van der Waals surface area contributed by atoms with E-state index in [4.69, 9.17) is 5.73 Å². The van der Waals surface area contributed by atoms with Gasteiger partial charge in [0.15, 0.2) is 0 Å². The third kappa shape index (κ3) is 3.44. The number of hydrogen-bond donors (Lipinski definition) is 3. The van der Waals surface area contributed by atoms with Crippen LogP contribution in [0.1, 0.15) is 30.8 Å². The van der Waals surface area contributed by atoms with Gasteiger partial charge in [-0.2, -0.15) is 0 Å². The summed E-state index contributed by atoms with van der Waals surface area (Å²) in [5, 5.41) is 0. The Labute approximate surface area is 118 Å². The minimum absolute atomic E-state index is 0.124. The molecule has 2 rings (SSSR count). The molecule has 6 nitrogen and oxygen atoms in total. The summed E-state index contributed by atoms with van der Waals surface area (Å²) in [5.41, 5.74) is 6.74. The van der Waals surface area contributed by atoms with E-state index >= 15 is 0 Å². The average molecular weight is 294 g/mol. The van der Waals surface area contributed by atoms with Gasteiger partial charge in [0.05, 0.1) is 11.4 Å². The van der Waals surface area contributed by atoms with Gasteiger partial charge in [0.2, 0.25) is 10.0 Å². The van der Waals surface area contributed by atoms with Gasteiger partial charge in [0.1, 0.15) is 5.82 Å². The van der Waals surface area contributed by atoms with Gasteiger partial charge in [-0.3, -0.25) is 0 Å². The average Bonchev–Trinajstić information content (AvgIpc) is 2.98. The van der Waals surface area contributed by atoms with Crippen LogP contribution in [0.25, 0.3) is 0 Å². The van der Waals surface area contributed by atoms with E-state index in [1.165, 1.54) is 0 Å². The first-order valence-electron chi connectivity index (χ1n) is 6.36. The highest BCUT2D eigenvalue weighted by atomic mass is 32.2. The fourth-order valence-electron chi connectivity index (χ4n) is 1.79. The van der Waals surface area contributed by atoms with E-state index in [-0.39, 0.29) is 17.5 Å². The van der Waals surface area contributed by atoms with Gasteiger partial charge >= 0.3 is 0 Å². The lowest BCUT2D eigenvalue weighted by Crippen LogP contribution is -2.24. The summed E-state index contributed by atoms with van der Waals surface area (Å²) >= 11 is 0. The molecule has 7 heteroatoms. The number of nitrogens with two attached hydrogens (primary N) is 1. The van der Waals surface area contributed by atoms with Crippen molar-refractivity contribution in [3.8, 4) is 0 Å². The molecule has 0 bridgehead atoms. The van der Waals surface area contributed by atoms with Gasteiger partial charge in [-0.15, -0.1) is 0 Å². The van der Waals surface area contributed by atoms with Crippen LogP contribution in [-0.2, 0) is 16.6 Å². The first-order valence-corrected chi connectivity index (χ1v) is 7.84. The van der Waals surface area contributed by atoms with Crippen molar-refractivity contribution >= 4 is 10.0 Å². The van der Waals surface area contributed by atoms with Crippen LogP contribution in [0.4, 0.5) is 0 Å². The number of sulfonamides is 1. The Hall–Kier alpha value is -1.70. The van der Waals surface area contributed by atoms with Gasteiger partial charge in [-0.1, -0.05) is 19.1 Å². The van der Waals surface area contributed by atoms with E-state index in [0.717, 1.165) is 12.0 Å². The third-order valence-electron chi connectivity index (χ3n) is 3.02. The molecular formula is C13H18N4O2S. The number of nitrogens with one attached hydrogen (secondary N) is 2. The van der Waals surface area contributed by atoms with Crippen LogP contribution in [-0.4, -0.2) is 18.4 Å². The van der Waals surface area contributed by atoms with E-state index in [1.54, 1.807) is 30.6 Å². The van der Waals surface area contributed by atoms with Crippen LogP contribution in [0.15, 0.2) is 41.6 Å². The van der Waals surface area contributed by atoms with Crippen LogP contribution in [0.2, 0.25) is 0 Å². The molecular weight excluding hydrogens is 276 g/mol. The lowest BCUT2D eigenvalue weighted by atomic mass is 10.1. The lowest BCUT2D eigenvalue weighted by molar-refractivity contribution is 0.579. The van der Waals surface area contributed by atoms with Crippen molar-refractivity contribution in [2.75, 3.05) is 0 Å². The molecule has 108 valence electrons. The number of H-pyrrole nitrogens is 1. The Balaban J connectivity index is 2.16. The fraction of sp³-hybridized carbons (Fsp3) is 0.308. The monoisotopic (exact) mass is 294 g/mol. The molecule has 0 saturated carbocycles. The van der Waals surface area contributed by atoms with Crippen molar-refractivity contribution < 1.29 is 8.42 Å². The van der Waals surface area contributed by atoms with Crippen LogP contribution in [0.5, 0.6) is 0 Å². The number of aromatic nitrogens is 2. The molecule has 1 unspecified atom stereocenters. The largest absolute Gasteiger partial charge is 0.347 e. The summed E-state index contributed by atoms with van der Waals surface area (Å²) in [6.45, 7) is 2.08. The highest BCUT2D eigenvalue weighted by molar-refractivity contribution is 7.89.